The summed E-state index contributed by atoms with van der Waals surface area (Å²) in [5.41, 5.74) is 0.943. The molecule has 0 aromatic heterocycles. The molecule has 0 unspecified atom stereocenters. The second kappa shape index (κ2) is 8.10. The lowest BCUT2D eigenvalue weighted by Gasteiger charge is -2.37. The van der Waals surface area contributed by atoms with E-state index < -0.39 is 5.97 Å². The van der Waals surface area contributed by atoms with Gasteiger partial charge in [-0.25, -0.2) is 4.39 Å². The van der Waals surface area contributed by atoms with Gasteiger partial charge in [0.15, 0.2) is 0 Å². The van der Waals surface area contributed by atoms with Crippen LogP contribution in [0, 0.1) is 5.82 Å². The van der Waals surface area contributed by atoms with Crippen LogP contribution in [-0.4, -0.2) is 72.1 Å². The van der Waals surface area contributed by atoms with Crippen LogP contribution in [0.5, 0.6) is 0 Å². The van der Waals surface area contributed by atoms with Crippen molar-refractivity contribution in [2.75, 3.05) is 44.2 Å². The van der Waals surface area contributed by atoms with Crippen LogP contribution in [0.4, 0.5) is 10.1 Å². The molecule has 7 heteroatoms. The number of rotatable bonds is 6. The lowest BCUT2D eigenvalue weighted by molar-refractivity contribution is -0.140. The fraction of sp³-hybridized carbons (Fsp3) is 0.529. The number of aliphatic carboxylic acids is 1. The number of carbonyl (C=O) groups is 2. The fourth-order valence-electron chi connectivity index (χ4n) is 2.73. The van der Waals surface area contributed by atoms with Crippen LogP contribution >= 0.6 is 0 Å². The van der Waals surface area contributed by atoms with Crippen molar-refractivity contribution in [3.63, 3.8) is 0 Å². The van der Waals surface area contributed by atoms with Crippen LogP contribution in [0.2, 0.25) is 0 Å². The smallest absolute Gasteiger partial charge is 0.317 e. The molecule has 24 heavy (non-hydrogen) atoms. The first-order valence-corrected chi connectivity index (χ1v) is 8.11. The Kier molecular flexibility index (Phi) is 6.14. The molecular weight excluding hydrogens is 313 g/mol. The Balaban J connectivity index is 1.87. The average Bonchev–Trinajstić information content (AvgIpc) is 2.54. The number of halogens is 1. The third-order valence-corrected chi connectivity index (χ3v) is 4.23. The van der Waals surface area contributed by atoms with Crippen molar-refractivity contribution in [2.45, 2.75) is 19.9 Å². The Bertz CT molecular complexity index is 569. The molecule has 0 bridgehead atoms. The van der Waals surface area contributed by atoms with E-state index in [9.17, 15) is 14.0 Å². The molecule has 1 aliphatic heterocycles. The summed E-state index contributed by atoms with van der Waals surface area (Å²) in [7, 11) is 0. The molecule has 1 saturated heterocycles. The summed E-state index contributed by atoms with van der Waals surface area (Å²) >= 11 is 0. The molecule has 1 aromatic carbocycles. The van der Waals surface area contributed by atoms with Gasteiger partial charge in [0, 0.05) is 37.9 Å². The highest BCUT2D eigenvalue weighted by molar-refractivity contribution is 5.79. The molecule has 0 spiro atoms. The molecule has 6 nitrogen and oxygen atoms in total. The predicted octanol–water partition coefficient (Wildman–Crippen LogP) is 1.27. The molecule has 1 aliphatic rings. The summed E-state index contributed by atoms with van der Waals surface area (Å²) in [5, 5.41) is 8.94. The zero-order valence-electron chi connectivity index (χ0n) is 14.1. The van der Waals surface area contributed by atoms with Gasteiger partial charge in [0.2, 0.25) is 5.91 Å². The predicted molar refractivity (Wildman–Crippen MR) is 89.5 cm³/mol. The molecule has 0 aliphatic carbocycles. The minimum Gasteiger partial charge on any atom is -0.480 e. The van der Waals surface area contributed by atoms with E-state index >= 15 is 0 Å². The molecule has 0 saturated carbocycles. The number of nitrogens with zero attached hydrogens (tertiary/aromatic N) is 3. The third kappa shape index (κ3) is 4.92. The lowest BCUT2D eigenvalue weighted by Crippen LogP contribution is -2.52. The van der Waals surface area contributed by atoms with Crippen molar-refractivity contribution in [3.8, 4) is 0 Å². The number of anilines is 1. The van der Waals surface area contributed by atoms with Crippen LogP contribution in [-0.2, 0) is 9.59 Å². The third-order valence-electron chi connectivity index (χ3n) is 4.23. The van der Waals surface area contributed by atoms with Crippen LogP contribution in [0.15, 0.2) is 24.3 Å². The van der Waals surface area contributed by atoms with Crippen molar-refractivity contribution in [2.24, 2.45) is 0 Å². The van der Waals surface area contributed by atoms with E-state index in [4.69, 9.17) is 5.11 Å². The number of hydrogen-bond acceptors (Lipinski definition) is 4. The molecule has 0 radical (unpaired) electrons. The number of carboxylic acids is 1. The zero-order chi connectivity index (χ0) is 17.7. The molecule has 0 atom stereocenters. The first-order chi connectivity index (χ1) is 11.4. The lowest BCUT2D eigenvalue weighted by atomic mass is 10.2. The second-order valence-corrected chi connectivity index (χ2v) is 6.24. The van der Waals surface area contributed by atoms with Gasteiger partial charge in [-0.15, -0.1) is 0 Å². The van der Waals surface area contributed by atoms with Gasteiger partial charge in [-0.2, -0.15) is 0 Å². The van der Waals surface area contributed by atoms with Crippen molar-refractivity contribution in [1.82, 2.24) is 9.80 Å². The minimum atomic E-state index is -0.933. The molecule has 1 heterocycles. The van der Waals surface area contributed by atoms with Gasteiger partial charge >= 0.3 is 5.97 Å². The van der Waals surface area contributed by atoms with E-state index in [-0.39, 0.29) is 30.9 Å². The SMILES string of the molecule is CC(C)N(CC(=O)O)CC(=O)N1CCN(c2ccc(F)cc2)CC1. The van der Waals surface area contributed by atoms with Gasteiger partial charge in [0.1, 0.15) is 5.82 Å². The van der Waals surface area contributed by atoms with Crippen molar-refractivity contribution in [1.29, 1.82) is 0 Å². The maximum atomic E-state index is 13.0. The Morgan fingerprint density at radius 1 is 1.12 bits per heavy atom. The van der Waals surface area contributed by atoms with E-state index in [1.54, 1.807) is 21.9 Å². The molecule has 1 amide bonds. The minimum absolute atomic E-state index is 0.00875. The van der Waals surface area contributed by atoms with Crippen LogP contribution in [0.3, 0.4) is 0 Å². The van der Waals surface area contributed by atoms with E-state index in [2.05, 4.69) is 4.90 Å². The van der Waals surface area contributed by atoms with E-state index in [0.29, 0.717) is 26.2 Å². The van der Waals surface area contributed by atoms with Gasteiger partial charge in [-0.1, -0.05) is 0 Å². The molecule has 1 N–H and O–H groups in total. The molecule has 2 rings (SSSR count). The van der Waals surface area contributed by atoms with Crippen LogP contribution < -0.4 is 4.90 Å². The topological polar surface area (TPSA) is 64.1 Å². The van der Waals surface area contributed by atoms with Gasteiger partial charge in [0.25, 0.3) is 0 Å². The zero-order valence-corrected chi connectivity index (χ0v) is 14.1. The monoisotopic (exact) mass is 337 g/mol. The van der Waals surface area contributed by atoms with E-state index in [1.165, 1.54) is 12.1 Å². The molecule has 1 aromatic rings. The van der Waals surface area contributed by atoms with Crippen molar-refractivity contribution >= 4 is 17.6 Å². The first kappa shape index (κ1) is 18.2. The molecule has 1 fully saturated rings. The van der Waals surface area contributed by atoms with Gasteiger partial charge in [-0.05, 0) is 38.1 Å². The Labute approximate surface area is 141 Å². The fourth-order valence-corrected chi connectivity index (χ4v) is 2.73. The van der Waals surface area contributed by atoms with Crippen LogP contribution in [0.1, 0.15) is 13.8 Å². The quantitative estimate of drug-likeness (QED) is 0.847. The summed E-state index contributed by atoms with van der Waals surface area (Å²) in [5.74, 6) is -1.25. The highest BCUT2D eigenvalue weighted by Crippen LogP contribution is 2.17. The number of hydrogen-bond donors (Lipinski definition) is 1. The number of carbonyl (C=O) groups excluding carboxylic acids is 1. The number of carboxylic acid groups (broad SMARTS) is 1. The Hall–Kier alpha value is -2.15. The molecular formula is C17H24FN3O3. The summed E-state index contributed by atoms with van der Waals surface area (Å²) in [6, 6.07) is 6.32. The molecule has 132 valence electrons. The largest absolute Gasteiger partial charge is 0.480 e. The van der Waals surface area contributed by atoms with Crippen molar-refractivity contribution < 1.29 is 19.1 Å². The first-order valence-electron chi connectivity index (χ1n) is 8.11. The standard InChI is InChI=1S/C17H24FN3O3/c1-13(2)21(12-17(23)24)11-16(22)20-9-7-19(8-10-20)15-5-3-14(18)4-6-15/h3-6,13H,7-12H2,1-2H3,(H,23,24). The van der Waals surface area contributed by atoms with Crippen LogP contribution in [0.25, 0.3) is 0 Å². The summed E-state index contributed by atoms with van der Waals surface area (Å²) in [6.07, 6.45) is 0. The Morgan fingerprint density at radius 3 is 2.21 bits per heavy atom. The van der Waals surface area contributed by atoms with E-state index in [0.717, 1.165) is 5.69 Å². The number of piperazine rings is 1. The summed E-state index contributed by atoms with van der Waals surface area (Å²) in [6.45, 7) is 6.24. The van der Waals surface area contributed by atoms with Gasteiger partial charge < -0.3 is 14.9 Å². The maximum absolute atomic E-state index is 13.0. The summed E-state index contributed by atoms with van der Waals surface area (Å²) in [4.78, 5) is 28.8. The van der Waals surface area contributed by atoms with Gasteiger partial charge in [0.05, 0.1) is 13.1 Å². The van der Waals surface area contributed by atoms with E-state index in [1.807, 2.05) is 13.8 Å². The second-order valence-electron chi connectivity index (χ2n) is 6.24. The number of benzene rings is 1. The highest BCUT2D eigenvalue weighted by atomic mass is 19.1. The number of amides is 1. The average molecular weight is 337 g/mol. The Morgan fingerprint density at radius 2 is 1.71 bits per heavy atom. The normalized spacial score (nSPS) is 15.2. The maximum Gasteiger partial charge on any atom is 0.317 e. The highest BCUT2D eigenvalue weighted by Gasteiger charge is 2.24. The van der Waals surface area contributed by atoms with Crippen molar-refractivity contribution in [3.05, 3.63) is 30.1 Å². The summed E-state index contributed by atoms with van der Waals surface area (Å²) < 4.78 is 13.0. The van der Waals surface area contributed by atoms with Gasteiger partial charge in [-0.3, -0.25) is 14.5 Å².